The lowest BCUT2D eigenvalue weighted by atomic mass is 9.95. The fourth-order valence-electron chi connectivity index (χ4n) is 1.23. The van der Waals surface area contributed by atoms with E-state index in [0.717, 1.165) is 5.69 Å². The SMILES string of the molecule is CN(C)c1ccc(C(C)(O)C(N)=O)cc1. The van der Waals surface area contributed by atoms with Crippen LogP contribution in [0.5, 0.6) is 0 Å². The van der Waals surface area contributed by atoms with Crippen molar-refractivity contribution in [2.24, 2.45) is 5.73 Å². The molecule has 82 valence electrons. The van der Waals surface area contributed by atoms with Crippen molar-refractivity contribution in [3.05, 3.63) is 29.8 Å². The van der Waals surface area contributed by atoms with E-state index < -0.39 is 11.5 Å². The van der Waals surface area contributed by atoms with Crippen molar-refractivity contribution < 1.29 is 9.90 Å². The number of carbonyl (C=O) groups excluding carboxylic acids is 1. The smallest absolute Gasteiger partial charge is 0.253 e. The van der Waals surface area contributed by atoms with Crippen LogP contribution in [0.1, 0.15) is 12.5 Å². The van der Waals surface area contributed by atoms with Gasteiger partial charge in [0.25, 0.3) is 5.91 Å². The van der Waals surface area contributed by atoms with Crippen molar-refractivity contribution in [2.45, 2.75) is 12.5 Å². The van der Waals surface area contributed by atoms with Crippen LogP contribution in [0.3, 0.4) is 0 Å². The van der Waals surface area contributed by atoms with E-state index in [1.807, 2.05) is 31.1 Å². The molecule has 0 aliphatic carbocycles. The van der Waals surface area contributed by atoms with Crippen LogP contribution in [-0.2, 0) is 10.4 Å². The zero-order valence-electron chi connectivity index (χ0n) is 9.19. The predicted molar refractivity (Wildman–Crippen MR) is 59.5 cm³/mol. The second kappa shape index (κ2) is 3.90. The van der Waals surface area contributed by atoms with Crippen molar-refractivity contribution in [1.29, 1.82) is 0 Å². The minimum Gasteiger partial charge on any atom is -0.378 e. The van der Waals surface area contributed by atoms with Gasteiger partial charge < -0.3 is 15.7 Å². The van der Waals surface area contributed by atoms with E-state index in [9.17, 15) is 9.90 Å². The summed E-state index contributed by atoms with van der Waals surface area (Å²) in [7, 11) is 3.84. The van der Waals surface area contributed by atoms with Crippen LogP contribution in [0.25, 0.3) is 0 Å². The third-order valence-electron chi connectivity index (χ3n) is 2.43. The van der Waals surface area contributed by atoms with Gasteiger partial charge in [-0.2, -0.15) is 0 Å². The maximum absolute atomic E-state index is 11.0. The average Bonchev–Trinajstić information content (AvgIpc) is 2.17. The van der Waals surface area contributed by atoms with Crippen molar-refractivity contribution in [2.75, 3.05) is 19.0 Å². The molecule has 0 aliphatic rings. The highest BCUT2D eigenvalue weighted by molar-refractivity contribution is 5.84. The second-order valence-corrected chi connectivity index (χ2v) is 3.88. The lowest BCUT2D eigenvalue weighted by molar-refractivity contribution is -0.135. The molecule has 1 aromatic carbocycles. The number of hydrogen-bond donors (Lipinski definition) is 2. The maximum atomic E-state index is 11.0. The number of nitrogens with two attached hydrogens (primary N) is 1. The molecule has 0 heterocycles. The standard InChI is InChI=1S/C11H16N2O2/c1-11(15,10(12)14)8-4-6-9(7-5-8)13(2)3/h4-7,15H,1-3H3,(H2,12,14). The summed E-state index contributed by atoms with van der Waals surface area (Å²) in [5, 5.41) is 9.80. The zero-order valence-corrected chi connectivity index (χ0v) is 9.19. The monoisotopic (exact) mass is 208 g/mol. The van der Waals surface area contributed by atoms with E-state index >= 15 is 0 Å². The fourth-order valence-corrected chi connectivity index (χ4v) is 1.23. The van der Waals surface area contributed by atoms with Crippen LogP contribution in [0.15, 0.2) is 24.3 Å². The van der Waals surface area contributed by atoms with E-state index in [-0.39, 0.29) is 0 Å². The minimum atomic E-state index is -1.61. The van der Waals surface area contributed by atoms with E-state index in [1.165, 1.54) is 6.92 Å². The van der Waals surface area contributed by atoms with E-state index in [2.05, 4.69) is 0 Å². The number of hydrogen-bond acceptors (Lipinski definition) is 3. The summed E-state index contributed by atoms with van der Waals surface area (Å²) in [4.78, 5) is 12.9. The minimum absolute atomic E-state index is 0.501. The largest absolute Gasteiger partial charge is 0.378 e. The summed E-state index contributed by atoms with van der Waals surface area (Å²) < 4.78 is 0. The Balaban J connectivity index is 3.04. The first-order chi connectivity index (χ1) is 6.85. The molecule has 1 aromatic rings. The van der Waals surface area contributed by atoms with Crippen LogP contribution in [0.2, 0.25) is 0 Å². The van der Waals surface area contributed by atoms with Crippen molar-refractivity contribution in [1.82, 2.24) is 0 Å². The predicted octanol–water partition coefficient (Wildman–Crippen LogP) is 0.445. The lowest BCUT2D eigenvalue weighted by Gasteiger charge is -2.21. The lowest BCUT2D eigenvalue weighted by Crippen LogP contribution is -2.38. The van der Waals surface area contributed by atoms with Gasteiger partial charge in [0.2, 0.25) is 0 Å². The summed E-state index contributed by atoms with van der Waals surface area (Å²) in [6, 6.07) is 7.04. The highest BCUT2D eigenvalue weighted by Gasteiger charge is 2.29. The van der Waals surface area contributed by atoms with Gasteiger partial charge in [-0.1, -0.05) is 12.1 Å². The molecule has 1 atom stereocenters. The molecule has 4 heteroatoms. The fraction of sp³-hybridized carbons (Fsp3) is 0.364. The zero-order chi connectivity index (χ0) is 11.6. The Kier molecular flexibility index (Phi) is 3.00. The normalized spacial score (nSPS) is 14.4. The molecule has 0 aromatic heterocycles. The maximum Gasteiger partial charge on any atom is 0.253 e. The quantitative estimate of drug-likeness (QED) is 0.757. The Bertz CT molecular complexity index is 355. The highest BCUT2D eigenvalue weighted by Crippen LogP contribution is 2.22. The average molecular weight is 208 g/mol. The molecule has 0 fully saturated rings. The number of carbonyl (C=O) groups is 1. The number of nitrogens with zero attached hydrogens (tertiary/aromatic N) is 1. The number of aliphatic hydroxyl groups is 1. The van der Waals surface area contributed by atoms with Gasteiger partial charge in [0.05, 0.1) is 0 Å². The first kappa shape index (κ1) is 11.5. The number of benzene rings is 1. The van der Waals surface area contributed by atoms with Gasteiger partial charge >= 0.3 is 0 Å². The Morgan fingerprint density at radius 3 is 2.13 bits per heavy atom. The molecule has 0 aliphatic heterocycles. The van der Waals surface area contributed by atoms with Gasteiger partial charge in [0.1, 0.15) is 0 Å². The van der Waals surface area contributed by atoms with Crippen molar-refractivity contribution >= 4 is 11.6 Å². The summed E-state index contributed by atoms with van der Waals surface area (Å²) in [6.07, 6.45) is 0. The Morgan fingerprint density at radius 1 is 1.33 bits per heavy atom. The summed E-state index contributed by atoms with van der Waals surface area (Å²) in [6.45, 7) is 1.39. The van der Waals surface area contributed by atoms with Crippen LogP contribution in [0.4, 0.5) is 5.69 Å². The molecule has 1 unspecified atom stereocenters. The van der Waals surface area contributed by atoms with Gasteiger partial charge in [-0.05, 0) is 24.6 Å². The van der Waals surface area contributed by atoms with Crippen molar-refractivity contribution in [3.63, 3.8) is 0 Å². The molecule has 4 nitrogen and oxygen atoms in total. The van der Waals surface area contributed by atoms with Gasteiger partial charge in [-0.3, -0.25) is 4.79 Å². The van der Waals surface area contributed by atoms with Crippen LogP contribution < -0.4 is 10.6 Å². The third-order valence-corrected chi connectivity index (χ3v) is 2.43. The molecule has 0 bridgehead atoms. The van der Waals surface area contributed by atoms with Gasteiger partial charge in [-0.25, -0.2) is 0 Å². The van der Waals surface area contributed by atoms with E-state index in [1.54, 1.807) is 12.1 Å². The summed E-state index contributed by atoms with van der Waals surface area (Å²) >= 11 is 0. The van der Waals surface area contributed by atoms with Crippen LogP contribution in [0, 0.1) is 0 Å². The third kappa shape index (κ3) is 2.27. The molecular weight excluding hydrogens is 192 g/mol. The van der Waals surface area contributed by atoms with Gasteiger partial charge in [0, 0.05) is 19.8 Å². The summed E-state index contributed by atoms with van der Waals surface area (Å²) in [5.41, 5.74) is 4.99. The Labute approximate surface area is 89.3 Å². The van der Waals surface area contributed by atoms with Gasteiger partial charge in [-0.15, -0.1) is 0 Å². The molecule has 1 amide bonds. The molecule has 15 heavy (non-hydrogen) atoms. The number of primary amides is 1. The molecule has 0 saturated carbocycles. The molecule has 3 N–H and O–H groups in total. The number of rotatable bonds is 3. The molecule has 1 rings (SSSR count). The second-order valence-electron chi connectivity index (χ2n) is 3.88. The van der Waals surface area contributed by atoms with Crippen LogP contribution in [-0.4, -0.2) is 25.1 Å². The Morgan fingerprint density at radius 2 is 1.80 bits per heavy atom. The van der Waals surface area contributed by atoms with E-state index in [4.69, 9.17) is 5.73 Å². The van der Waals surface area contributed by atoms with Crippen LogP contribution >= 0.6 is 0 Å². The topological polar surface area (TPSA) is 66.6 Å². The molecule has 0 radical (unpaired) electrons. The Hall–Kier alpha value is -1.55. The summed E-state index contributed by atoms with van der Waals surface area (Å²) in [5.74, 6) is -0.750. The van der Waals surface area contributed by atoms with E-state index in [0.29, 0.717) is 5.56 Å². The highest BCUT2D eigenvalue weighted by atomic mass is 16.3. The van der Waals surface area contributed by atoms with Crippen molar-refractivity contribution in [3.8, 4) is 0 Å². The molecule has 0 spiro atoms. The number of amides is 1. The van der Waals surface area contributed by atoms with Gasteiger partial charge in [0.15, 0.2) is 5.60 Å². The first-order valence-corrected chi connectivity index (χ1v) is 4.66. The molecular formula is C11H16N2O2. The molecule has 0 saturated heterocycles. The number of anilines is 1. The first-order valence-electron chi connectivity index (χ1n) is 4.66.